The lowest BCUT2D eigenvalue weighted by Crippen LogP contribution is -3.00. The molecule has 1 aliphatic heterocycles. The number of nitrogens with zero attached hydrogens (tertiary/aromatic N) is 1. The number of rotatable bonds is 0. The van der Waals surface area contributed by atoms with E-state index in [1.807, 2.05) is 11.6 Å². The van der Waals surface area contributed by atoms with E-state index >= 15 is 0 Å². The van der Waals surface area contributed by atoms with E-state index < -0.39 is 0 Å². The molecule has 0 aromatic rings. The monoisotopic (exact) mass is 213 g/mol. The minimum absolute atomic E-state index is 0. The Kier molecular flexibility index (Phi) is 3.33. The zero-order chi connectivity index (χ0) is 4.41. The fraction of sp³-hybridized carbons (Fsp3) is 0.750. The lowest BCUT2D eigenvalue weighted by molar-refractivity contribution is -0.482. The zero-order valence-electron chi connectivity index (χ0n) is 4.22. The van der Waals surface area contributed by atoms with E-state index in [0.29, 0.717) is 0 Å². The SMILES string of the molecule is C[N+]1=COCC1.[I-]. The highest BCUT2D eigenvalue weighted by molar-refractivity contribution is 5.40. The van der Waals surface area contributed by atoms with Crippen molar-refractivity contribution in [3.63, 3.8) is 0 Å². The molecule has 0 bridgehead atoms. The van der Waals surface area contributed by atoms with Crippen molar-refractivity contribution in [3.05, 3.63) is 0 Å². The molecule has 42 valence electrons. The summed E-state index contributed by atoms with van der Waals surface area (Å²) in [5.41, 5.74) is 0. The second kappa shape index (κ2) is 3.23. The van der Waals surface area contributed by atoms with Gasteiger partial charge in [0.15, 0.2) is 13.2 Å². The van der Waals surface area contributed by atoms with Crippen LogP contribution in [0.2, 0.25) is 0 Å². The van der Waals surface area contributed by atoms with Crippen LogP contribution in [0.15, 0.2) is 0 Å². The van der Waals surface area contributed by atoms with Crippen LogP contribution in [-0.4, -0.2) is 31.2 Å². The van der Waals surface area contributed by atoms with Gasteiger partial charge in [-0.15, -0.1) is 0 Å². The number of likely N-dealkylation sites (N-methyl/N-ethyl adjacent to an activating group) is 1. The number of hydrogen-bond donors (Lipinski definition) is 0. The summed E-state index contributed by atoms with van der Waals surface area (Å²) in [6.07, 6.45) is 1.74. The largest absolute Gasteiger partial charge is 1.00 e. The van der Waals surface area contributed by atoms with Gasteiger partial charge in [-0.1, -0.05) is 0 Å². The third-order valence-corrected chi connectivity index (χ3v) is 0.816. The predicted octanol–water partition coefficient (Wildman–Crippen LogP) is -3.31. The molecule has 0 aromatic heterocycles. The molecule has 3 heteroatoms. The van der Waals surface area contributed by atoms with Crippen LogP contribution in [0.3, 0.4) is 0 Å². The maximum Gasteiger partial charge on any atom is 0.323 e. The molecular formula is C4H8INO. The normalized spacial score (nSPS) is 17.0. The maximum absolute atomic E-state index is 4.86. The summed E-state index contributed by atoms with van der Waals surface area (Å²) in [6.45, 7) is 1.90. The first kappa shape index (κ1) is 7.20. The first-order valence-electron chi connectivity index (χ1n) is 2.05. The highest BCUT2D eigenvalue weighted by Gasteiger charge is 2.02. The molecule has 1 rings (SSSR count). The molecule has 0 unspecified atom stereocenters. The van der Waals surface area contributed by atoms with Crippen LogP contribution in [0.4, 0.5) is 0 Å². The Bertz CT molecular complexity index is 81.8. The van der Waals surface area contributed by atoms with E-state index in [1.54, 1.807) is 6.40 Å². The fourth-order valence-electron chi connectivity index (χ4n) is 0.429. The Hall–Kier alpha value is 0.200. The first-order chi connectivity index (χ1) is 2.89. The third-order valence-electron chi connectivity index (χ3n) is 0.816. The number of hydrogen-bond acceptors (Lipinski definition) is 1. The Morgan fingerprint density at radius 1 is 1.71 bits per heavy atom. The van der Waals surface area contributed by atoms with E-state index in [0.717, 1.165) is 13.2 Å². The summed E-state index contributed by atoms with van der Waals surface area (Å²) in [6, 6.07) is 0. The van der Waals surface area contributed by atoms with Crippen molar-refractivity contribution in [1.82, 2.24) is 0 Å². The maximum atomic E-state index is 4.86. The molecule has 0 spiro atoms. The molecule has 2 nitrogen and oxygen atoms in total. The quantitative estimate of drug-likeness (QED) is 0.303. The molecule has 0 aliphatic carbocycles. The molecule has 7 heavy (non-hydrogen) atoms. The smallest absolute Gasteiger partial charge is 0.323 e. The highest BCUT2D eigenvalue weighted by Crippen LogP contribution is 1.78. The summed E-state index contributed by atoms with van der Waals surface area (Å²) < 4.78 is 6.87. The van der Waals surface area contributed by atoms with Gasteiger partial charge in [-0.25, -0.2) is 4.58 Å². The van der Waals surface area contributed by atoms with Gasteiger partial charge in [-0.2, -0.15) is 0 Å². The van der Waals surface area contributed by atoms with Crippen molar-refractivity contribution < 1.29 is 33.3 Å². The summed E-state index contributed by atoms with van der Waals surface area (Å²) in [5, 5.41) is 0. The van der Waals surface area contributed by atoms with E-state index in [1.165, 1.54) is 0 Å². The van der Waals surface area contributed by atoms with E-state index in [-0.39, 0.29) is 24.0 Å². The molecule has 0 fully saturated rings. The molecule has 0 saturated carbocycles. The average Bonchev–Trinajstić information content (AvgIpc) is 1.86. The van der Waals surface area contributed by atoms with Crippen molar-refractivity contribution in [3.8, 4) is 0 Å². The van der Waals surface area contributed by atoms with Gasteiger partial charge in [0.1, 0.15) is 7.05 Å². The van der Waals surface area contributed by atoms with Crippen molar-refractivity contribution in [2.45, 2.75) is 0 Å². The van der Waals surface area contributed by atoms with Gasteiger partial charge in [-0.3, -0.25) is 0 Å². The predicted molar refractivity (Wildman–Crippen MR) is 23.1 cm³/mol. The molecule has 1 aliphatic rings. The van der Waals surface area contributed by atoms with Gasteiger partial charge < -0.3 is 28.7 Å². The van der Waals surface area contributed by atoms with Crippen LogP contribution in [-0.2, 0) is 4.74 Å². The Morgan fingerprint density at radius 2 is 2.43 bits per heavy atom. The van der Waals surface area contributed by atoms with Crippen LogP contribution in [0.1, 0.15) is 0 Å². The topological polar surface area (TPSA) is 12.2 Å². The summed E-state index contributed by atoms with van der Waals surface area (Å²) in [4.78, 5) is 0. The Morgan fingerprint density at radius 3 is 2.57 bits per heavy atom. The first-order valence-corrected chi connectivity index (χ1v) is 2.05. The molecule has 0 amide bonds. The van der Waals surface area contributed by atoms with Crippen LogP contribution in [0.5, 0.6) is 0 Å². The lowest BCUT2D eigenvalue weighted by atomic mass is 10.7. The molecule has 0 N–H and O–H groups in total. The standard InChI is InChI=1S/C4H8NO.HI/c1-5-2-3-6-4-5;/h4H,2-3H2,1H3;1H/q+1;/p-1. The van der Waals surface area contributed by atoms with Gasteiger partial charge in [-0.05, 0) is 0 Å². The molecule has 0 radical (unpaired) electrons. The average molecular weight is 213 g/mol. The van der Waals surface area contributed by atoms with Crippen LogP contribution in [0.25, 0.3) is 0 Å². The van der Waals surface area contributed by atoms with Gasteiger partial charge in [0, 0.05) is 0 Å². The molecule has 0 saturated heterocycles. The van der Waals surface area contributed by atoms with Gasteiger partial charge in [0.05, 0.1) is 0 Å². The van der Waals surface area contributed by atoms with E-state index in [2.05, 4.69) is 0 Å². The van der Waals surface area contributed by atoms with Gasteiger partial charge in [0.2, 0.25) is 0 Å². The molecular weight excluding hydrogens is 205 g/mol. The van der Waals surface area contributed by atoms with Crippen LogP contribution in [0, 0.1) is 0 Å². The number of halogens is 1. The lowest BCUT2D eigenvalue weighted by Gasteiger charge is -1.73. The van der Waals surface area contributed by atoms with E-state index in [4.69, 9.17) is 4.74 Å². The van der Waals surface area contributed by atoms with Crippen molar-refractivity contribution in [1.29, 1.82) is 0 Å². The second-order valence-corrected chi connectivity index (χ2v) is 1.46. The molecule has 1 heterocycles. The molecule has 0 atom stereocenters. The minimum Gasteiger partial charge on any atom is -1.00 e. The third kappa shape index (κ3) is 2.11. The fourth-order valence-corrected chi connectivity index (χ4v) is 0.429. The Balaban J connectivity index is 0.000000360. The summed E-state index contributed by atoms with van der Waals surface area (Å²) in [5.74, 6) is 0. The zero-order valence-corrected chi connectivity index (χ0v) is 6.38. The summed E-state index contributed by atoms with van der Waals surface area (Å²) >= 11 is 0. The second-order valence-electron chi connectivity index (χ2n) is 1.46. The van der Waals surface area contributed by atoms with Crippen LogP contribution < -0.4 is 24.0 Å². The van der Waals surface area contributed by atoms with E-state index in [9.17, 15) is 0 Å². The number of ether oxygens (including phenoxy) is 1. The summed E-state index contributed by atoms with van der Waals surface area (Å²) in [7, 11) is 1.99. The highest BCUT2D eigenvalue weighted by atomic mass is 127. The van der Waals surface area contributed by atoms with Gasteiger partial charge in [0.25, 0.3) is 0 Å². The van der Waals surface area contributed by atoms with Gasteiger partial charge >= 0.3 is 6.40 Å². The van der Waals surface area contributed by atoms with Crippen molar-refractivity contribution in [2.75, 3.05) is 20.2 Å². The van der Waals surface area contributed by atoms with Crippen molar-refractivity contribution in [2.24, 2.45) is 0 Å². The van der Waals surface area contributed by atoms with Crippen molar-refractivity contribution >= 4 is 6.40 Å². The van der Waals surface area contributed by atoms with Crippen LogP contribution >= 0.6 is 0 Å². The Labute approximate surface area is 60.2 Å². The minimum atomic E-state index is 0. The molecule has 0 aromatic carbocycles.